The number of benzene rings is 1. The Kier molecular flexibility index (Phi) is 4.05. The average molecular weight is 236 g/mol. The summed E-state index contributed by atoms with van der Waals surface area (Å²) in [7, 11) is 0. The minimum atomic E-state index is 0.389. The van der Waals surface area contributed by atoms with Crippen molar-refractivity contribution in [2.45, 2.75) is 26.7 Å². The molecule has 1 aromatic rings. The molecular formula is C18H20. The first kappa shape index (κ1) is 12.7. The first-order chi connectivity index (χ1) is 8.66. The van der Waals surface area contributed by atoms with Crippen LogP contribution in [0.2, 0.25) is 0 Å². The van der Waals surface area contributed by atoms with E-state index in [9.17, 15) is 0 Å². The van der Waals surface area contributed by atoms with Crippen molar-refractivity contribution in [1.82, 2.24) is 0 Å². The van der Waals surface area contributed by atoms with Crippen molar-refractivity contribution < 1.29 is 0 Å². The molecule has 0 aromatic heterocycles. The lowest BCUT2D eigenvalue weighted by Crippen LogP contribution is -2.14. The molecule has 0 saturated heterocycles. The maximum Gasteiger partial charge on any atom is 0.0418 e. The van der Waals surface area contributed by atoms with Crippen molar-refractivity contribution in [3.63, 3.8) is 0 Å². The topological polar surface area (TPSA) is 0 Å². The van der Waals surface area contributed by atoms with E-state index < -0.39 is 0 Å². The first-order valence-electron chi connectivity index (χ1n) is 6.55. The first-order valence-corrected chi connectivity index (χ1v) is 6.55. The van der Waals surface area contributed by atoms with Gasteiger partial charge in [0.1, 0.15) is 0 Å². The lowest BCUT2D eigenvalue weighted by Gasteiger charge is -2.25. The van der Waals surface area contributed by atoms with Crippen LogP contribution >= 0.6 is 0 Å². The van der Waals surface area contributed by atoms with Gasteiger partial charge >= 0.3 is 0 Å². The van der Waals surface area contributed by atoms with Crippen LogP contribution in [0.5, 0.6) is 0 Å². The molecule has 1 aromatic carbocycles. The second-order valence-electron chi connectivity index (χ2n) is 5.15. The van der Waals surface area contributed by atoms with Gasteiger partial charge in [-0.1, -0.05) is 53.8 Å². The van der Waals surface area contributed by atoms with E-state index in [0.29, 0.717) is 11.8 Å². The Labute approximate surface area is 110 Å². The highest BCUT2D eigenvalue weighted by Gasteiger charge is 2.20. The molecule has 0 spiro atoms. The van der Waals surface area contributed by atoms with Gasteiger partial charge in [-0.25, -0.2) is 0 Å². The molecule has 18 heavy (non-hydrogen) atoms. The summed E-state index contributed by atoms with van der Waals surface area (Å²) in [6, 6.07) is 10.2. The summed E-state index contributed by atoms with van der Waals surface area (Å²) in [5, 5.41) is 0. The van der Waals surface area contributed by atoms with Crippen molar-refractivity contribution in [2.24, 2.45) is 11.8 Å². The van der Waals surface area contributed by atoms with Gasteiger partial charge in [0.05, 0.1) is 0 Å². The zero-order valence-electron chi connectivity index (χ0n) is 11.2. The van der Waals surface area contributed by atoms with E-state index in [2.05, 4.69) is 50.5 Å². The molecule has 1 aliphatic carbocycles. The molecule has 2 rings (SSSR count). The SMILES string of the molecule is C=C(C)C1CC=C(C)C(C#Cc2ccccc2)C1. The molecule has 0 saturated carbocycles. The number of rotatable bonds is 1. The standard InChI is InChI=1S/C18H20/c1-14(2)17-11-9-15(3)18(13-17)12-10-16-7-5-4-6-8-16/h4-9,17-18H,1,11,13H2,2-3H3. The molecule has 0 aliphatic heterocycles. The Bertz CT molecular complexity index is 508. The number of allylic oxidation sites excluding steroid dienone is 3. The van der Waals surface area contributed by atoms with Crippen LogP contribution in [0.15, 0.2) is 54.1 Å². The van der Waals surface area contributed by atoms with Crippen LogP contribution in [0, 0.1) is 23.7 Å². The summed E-state index contributed by atoms with van der Waals surface area (Å²) in [5.41, 5.74) is 3.80. The maximum atomic E-state index is 4.08. The van der Waals surface area contributed by atoms with E-state index in [1.165, 1.54) is 11.1 Å². The zero-order valence-corrected chi connectivity index (χ0v) is 11.2. The Hall–Kier alpha value is -1.74. The molecule has 0 N–H and O–H groups in total. The van der Waals surface area contributed by atoms with Crippen molar-refractivity contribution in [3.8, 4) is 11.8 Å². The third kappa shape index (κ3) is 3.14. The van der Waals surface area contributed by atoms with E-state index in [1.54, 1.807) is 0 Å². The molecule has 0 fully saturated rings. The van der Waals surface area contributed by atoms with E-state index in [1.807, 2.05) is 18.2 Å². The largest absolute Gasteiger partial charge is 0.0998 e. The predicted octanol–water partition coefficient (Wildman–Crippen LogP) is 4.59. The summed E-state index contributed by atoms with van der Waals surface area (Å²) in [6.07, 6.45) is 4.58. The van der Waals surface area contributed by atoms with Gasteiger partial charge in [0, 0.05) is 11.5 Å². The lowest BCUT2D eigenvalue weighted by molar-refractivity contribution is 0.487. The molecule has 0 amide bonds. The second-order valence-corrected chi connectivity index (χ2v) is 5.15. The summed E-state index contributed by atoms with van der Waals surface area (Å²) < 4.78 is 0. The molecule has 0 heterocycles. The molecular weight excluding hydrogens is 216 g/mol. The smallest absolute Gasteiger partial charge is 0.0418 e. The van der Waals surface area contributed by atoms with Crippen LogP contribution in [0.1, 0.15) is 32.3 Å². The van der Waals surface area contributed by atoms with Gasteiger partial charge in [0.25, 0.3) is 0 Å². The maximum absolute atomic E-state index is 4.08. The molecule has 1 aliphatic rings. The Morgan fingerprint density at radius 3 is 2.67 bits per heavy atom. The second kappa shape index (κ2) is 5.74. The van der Waals surface area contributed by atoms with E-state index in [-0.39, 0.29) is 0 Å². The van der Waals surface area contributed by atoms with Gasteiger partial charge in [-0.05, 0) is 44.7 Å². The van der Waals surface area contributed by atoms with Crippen molar-refractivity contribution in [3.05, 3.63) is 59.7 Å². The van der Waals surface area contributed by atoms with Crippen molar-refractivity contribution >= 4 is 0 Å². The molecule has 0 radical (unpaired) electrons. The summed E-state index contributed by atoms with van der Waals surface area (Å²) in [4.78, 5) is 0. The molecule has 2 atom stereocenters. The molecule has 2 unspecified atom stereocenters. The predicted molar refractivity (Wildman–Crippen MR) is 78.1 cm³/mol. The van der Waals surface area contributed by atoms with E-state index in [0.717, 1.165) is 18.4 Å². The van der Waals surface area contributed by atoms with Crippen molar-refractivity contribution in [1.29, 1.82) is 0 Å². The van der Waals surface area contributed by atoms with E-state index in [4.69, 9.17) is 0 Å². The highest BCUT2D eigenvalue weighted by Crippen LogP contribution is 2.32. The van der Waals surface area contributed by atoms with Crippen LogP contribution in [0.4, 0.5) is 0 Å². The Morgan fingerprint density at radius 2 is 2.00 bits per heavy atom. The van der Waals surface area contributed by atoms with Gasteiger partial charge < -0.3 is 0 Å². The molecule has 92 valence electrons. The van der Waals surface area contributed by atoms with Gasteiger partial charge in [0.2, 0.25) is 0 Å². The van der Waals surface area contributed by atoms with Gasteiger partial charge in [-0.3, -0.25) is 0 Å². The minimum Gasteiger partial charge on any atom is -0.0998 e. The highest BCUT2D eigenvalue weighted by molar-refractivity contribution is 5.36. The fourth-order valence-corrected chi connectivity index (χ4v) is 2.30. The molecule has 0 bridgehead atoms. The van der Waals surface area contributed by atoms with Crippen LogP contribution in [0.3, 0.4) is 0 Å². The third-order valence-electron chi connectivity index (χ3n) is 3.66. The van der Waals surface area contributed by atoms with Crippen LogP contribution in [-0.4, -0.2) is 0 Å². The van der Waals surface area contributed by atoms with Crippen LogP contribution < -0.4 is 0 Å². The highest BCUT2D eigenvalue weighted by atomic mass is 14.2. The number of hydrogen-bond donors (Lipinski definition) is 0. The Morgan fingerprint density at radius 1 is 1.28 bits per heavy atom. The average Bonchev–Trinajstić information content (AvgIpc) is 2.38. The zero-order chi connectivity index (χ0) is 13.0. The monoisotopic (exact) mass is 236 g/mol. The van der Waals surface area contributed by atoms with Gasteiger partial charge in [-0.15, -0.1) is 0 Å². The fourth-order valence-electron chi connectivity index (χ4n) is 2.30. The van der Waals surface area contributed by atoms with Gasteiger partial charge in [0.15, 0.2) is 0 Å². The quantitative estimate of drug-likeness (QED) is 0.494. The van der Waals surface area contributed by atoms with Crippen LogP contribution in [0.25, 0.3) is 0 Å². The van der Waals surface area contributed by atoms with Gasteiger partial charge in [-0.2, -0.15) is 0 Å². The summed E-state index contributed by atoms with van der Waals surface area (Å²) in [6.45, 7) is 8.40. The summed E-state index contributed by atoms with van der Waals surface area (Å²) >= 11 is 0. The molecule has 0 nitrogen and oxygen atoms in total. The summed E-state index contributed by atoms with van der Waals surface area (Å²) in [5.74, 6) is 7.69. The Balaban J connectivity index is 2.14. The van der Waals surface area contributed by atoms with Crippen molar-refractivity contribution in [2.75, 3.05) is 0 Å². The minimum absolute atomic E-state index is 0.389. The normalized spacial score (nSPS) is 22.7. The fraction of sp³-hybridized carbons (Fsp3) is 0.333. The molecule has 0 heteroatoms. The third-order valence-corrected chi connectivity index (χ3v) is 3.66. The van der Waals surface area contributed by atoms with E-state index >= 15 is 0 Å². The lowest BCUT2D eigenvalue weighted by atomic mass is 9.79. The van der Waals surface area contributed by atoms with Crippen LogP contribution in [-0.2, 0) is 0 Å². The number of hydrogen-bond acceptors (Lipinski definition) is 0.